The van der Waals surface area contributed by atoms with Gasteiger partial charge in [0.05, 0.1) is 6.26 Å². The second-order valence-electron chi connectivity index (χ2n) is 3.54. The second-order valence-corrected chi connectivity index (χ2v) is 3.54. The Balaban J connectivity index is 1.98. The minimum Gasteiger partial charge on any atom is -0.469 e. The lowest BCUT2D eigenvalue weighted by molar-refractivity contribution is 0.0967. The van der Waals surface area contributed by atoms with Crippen molar-refractivity contribution in [3.8, 4) is 0 Å². The van der Waals surface area contributed by atoms with Crippen molar-refractivity contribution in [2.45, 2.75) is 26.3 Å². The molecule has 0 aromatic carbocycles. The molecule has 0 atom stereocenters. The van der Waals surface area contributed by atoms with E-state index in [0.717, 1.165) is 12.3 Å². The first-order chi connectivity index (χ1) is 7.81. The molecule has 84 valence electrons. The summed E-state index contributed by atoms with van der Waals surface area (Å²) in [7, 11) is 0. The molecule has 0 amide bonds. The maximum Gasteiger partial charge on any atom is 0.198 e. The number of ketones is 1. The molecule has 0 aliphatic rings. The van der Waals surface area contributed by atoms with Crippen LogP contribution in [0.25, 0.3) is 0 Å². The first kappa shape index (κ1) is 10.7. The summed E-state index contributed by atoms with van der Waals surface area (Å²) in [6.07, 6.45) is 6.16. The Labute approximate surface area is 93.9 Å². The van der Waals surface area contributed by atoms with Crippen molar-refractivity contribution >= 4 is 5.78 Å². The van der Waals surface area contributed by atoms with E-state index in [-0.39, 0.29) is 5.78 Å². The molecule has 2 rings (SSSR count). The largest absolute Gasteiger partial charge is 0.469 e. The molecule has 0 saturated heterocycles. The zero-order chi connectivity index (χ0) is 11.4. The third kappa shape index (κ3) is 2.21. The highest BCUT2D eigenvalue weighted by Gasteiger charge is 2.12. The number of hydrogen-bond donors (Lipinski definition) is 0. The van der Waals surface area contributed by atoms with Gasteiger partial charge in [-0.1, -0.05) is 0 Å². The first-order valence-electron chi connectivity index (χ1n) is 5.38. The van der Waals surface area contributed by atoms with E-state index in [1.54, 1.807) is 12.5 Å². The van der Waals surface area contributed by atoms with Gasteiger partial charge in [-0.25, -0.2) is 4.98 Å². The van der Waals surface area contributed by atoms with E-state index >= 15 is 0 Å². The van der Waals surface area contributed by atoms with Crippen LogP contribution < -0.4 is 0 Å². The van der Waals surface area contributed by atoms with Crippen LogP contribution in [0.4, 0.5) is 0 Å². The SMILES string of the molecule is CCn1ccnc1C(=O)CCc1ccco1. The Morgan fingerprint density at radius 1 is 1.56 bits per heavy atom. The standard InChI is InChI=1S/C12H14N2O2/c1-2-14-8-7-13-12(14)11(15)6-5-10-4-3-9-16-10/h3-4,7-9H,2,5-6H2,1H3. The van der Waals surface area contributed by atoms with Crippen LogP contribution in [0.1, 0.15) is 29.7 Å². The number of imidazole rings is 1. The maximum absolute atomic E-state index is 11.9. The van der Waals surface area contributed by atoms with Crippen LogP contribution in [-0.2, 0) is 13.0 Å². The number of hydrogen-bond acceptors (Lipinski definition) is 3. The zero-order valence-corrected chi connectivity index (χ0v) is 9.22. The number of aryl methyl sites for hydroxylation is 2. The van der Waals surface area contributed by atoms with Gasteiger partial charge < -0.3 is 8.98 Å². The minimum atomic E-state index is 0.0586. The number of furan rings is 1. The molecule has 2 aromatic heterocycles. The van der Waals surface area contributed by atoms with E-state index in [9.17, 15) is 4.79 Å². The van der Waals surface area contributed by atoms with Crippen LogP contribution in [0, 0.1) is 0 Å². The predicted molar refractivity (Wildman–Crippen MR) is 59.3 cm³/mol. The van der Waals surface area contributed by atoms with Crippen molar-refractivity contribution in [2.24, 2.45) is 0 Å². The fourth-order valence-electron chi connectivity index (χ4n) is 1.62. The van der Waals surface area contributed by atoms with Crippen molar-refractivity contribution < 1.29 is 9.21 Å². The lowest BCUT2D eigenvalue weighted by Crippen LogP contribution is -2.09. The zero-order valence-electron chi connectivity index (χ0n) is 9.22. The topological polar surface area (TPSA) is 48.0 Å². The molecule has 0 aliphatic heterocycles. The molecule has 0 fully saturated rings. The van der Waals surface area contributed by atoms with Gasteiger partial charge in [-0.05, 0) is 19.1 Å². The molecule has 0 N–H and O–H groups in total. The average Bonchev–Trinajstić information content (AvgIpc) is 2.96. The molecular formula is C12H14N2O2. The van der Waals surface area contributed by atoms with E-state index in [2.05, 4.69) is 4.98 Å². The van der Waals surface area contributed by atoms with Gasteiger partial charge in [-0.3, -0.25) is 4.79 Å². The van der Waals surface area contributed by atoms with Crippen molar-refractivity contribution in [3.63, 3.8) is 0 Å². The fraction of sp³-hybridized carbons (Fsp3) is 0.333. The van der Waals surface area contributed by atoms with Crippen molar-refractivity contribution in [2.75, 3.05) is 0 Å². The minimum absolute atomic E-state index is 0.0586. The molecule has 0 spiro atoms. The van der Waals surface area contributed by atoms with Gasteiger partial charge in [0, 0.05) is 31.8 Å². The number of aromatic nitrogens is 2. The molecule has 16 heavy (non-hydrogen) atoms. The van der Waals surface area contributed by atoms with Crippen LogP contribution in [0.3, 0.4) is 0 Å². The van der Waals surface area contributed by atoms with Crippen molar-refractivity contribution in [3.05, 3.63) is 42.4 Å². The van der Waals surface area contributed by atoms with Gasteiger partial charge in [0.1, 0.15) is 5.76 Å². The second kappa shape index (κ2) is 4.79. The van der Waals surface area contributed by atoms with Gasteiger partial charge >= 0.3 is 0 Å². The van der Waals surface area contributed by atoms with E-state index < -0.39 is 0 Å². The maximum atomic E-state index is 11.9. The fourth-order valence-corrected chi connectivity index (χ4v) is 1.62. The average molecular weight is 218 g/mol. The molecule has 0 radical (unpaired) electrons. The summed E-state index contributed by atoms with van der Waals surface area (Å²) in [4.78, 5) is 15.9. The summed E-state index contributed by atoms with van der Waals surface area (Å²) in [5, 5.41) is 0. The Kier molecular flexibility index (Phi) is 3.19. The smallest absolute Gasteiger partial charge is 0.198 e. The molecule has 4 nitrogen and oxygen atoms in total. The number of carbonyl (C=O) groups excluding carboxylic acids is 1. The Morgan fingerprint density at radius 3 is 3.12 bits per heavy atom. The van der Waals surface area contributed by atoms with E-state index in [4.69, 9.17) is 4.42 Å². The number of Topliss-reactive ketones (excluding diaryl/α,β-unsaturated/α-hetero) is 1. The quantitative estimate of drug-likeness (QED) is 0.723. The molecule has 0 bridgehead atoms. The molecule has 4 heteroatoms. The van der Waals surface area contributed by atoms with Gasteiger partial charge in [0.25, 0.3) is 0 Å². The molecule has 0 saturated carbocycles. The first-order valence-corrected chi connectivity index (χ1v) is 5.38. The highest BCUT2D eigenvalue weighted by Crippen LogP contribution is 2.08. The summed E-state index contributed by atoms with van der Waals surface area (Å²) in [5.41, 5.74) is 0. The summed E-state index contributed by atoms with van der Waals surface area (Å²) in [6.45, 7) is 2.76. The highest BCUT2D eigenvalue weighted by atomic mass is 16.3. The van der Waals surface area contributed by atoms with Crippen LogP contribution in [-0.4, -0.2) is 15.3 Å². The van der Waals surface area contributed by atoms with E-state index in [0.29, 0.717) is 18.7 Å². The van der Waals surface area contributed by atoms with Crippen LogP contribution >= 0.6 is 0 Å². The predicted octanol–water partition coefficient (Wildman–Crippen LogP) is 2.31. The number of nitrogens with zero attached hydrogens (tertiary/aromatic N) is 2. The molecular weight excluding hydrogens is 204 g/mol. The molecule has 0 aliphatic carbocycles. The summed E-state index contributed by atoms with van der Waals surface area (Å²) in [6, 6.07) is 3.70. The Bertz CT molecular complexity index is 457. The van der Waals surface area contributed by atoms with Gasteiger partial charge in [-0.15, -0.1) is 0 Å². The van der Waals surface area contributed by atoms with Gasteiger partial charge in [0.15, 0.2) is 11.6 Å². The van der Waals surface area contributed by atoms with Crippen LogP contribution in [0.2, 0.25) is 0 Å². The van der Waals surface area contributed by atoms with Gasteiger partial charge in [-0.2, -0.15) is 0 Å². The third-order valence-electron chi connectivity index (χ3n) is 2.48. The summed E-state index contributed by atoms with van der Waals surface area (Å²) < 4.78 is 7.03. The van der Waals surface area contributed by atoms with E-state index in [1.165, 1.54) is 0 Å². The van der Waals surface area contributed by atoms with Crippen LogP contribution in [0.15, 0.2) is 35.2 Å². The van der Waals surface area contributed by atoms with Crippen LogP contribution in [0.5, 0.6) is 0 Å². The lowest BCUT2D eigenvalue weighted by Gasteiger charge is -2.02. The van der Waals surface area contributed by atoms with Gasteiger partial charge in [0.2, 0.25) is 0 Å². The highest BCUT2D eigenvalue weighted by molar-refractivity contribution is 5.92. The summed E-state index contributed by atoms with van der Waals surface area (Å²) >= 11 is 0. The van der Waals surface area contributed by atoms with Crippen molar-refractivity contribution in [1.82, 2.24) is 9.55 Å². The number of carbonyl (C=O) groups is 1. The molecule has 2 aromatic rings. The molecule has 0 unspecified atom stereocenters. The monoisotopic (exact) mass is 218 g/mol. The van der Waals surface area contributed by atoms with Crippen molar-refractivity contribution in [1.29, 1.82) is 0 Å². The lowest BCUT2D eigenvalue weighted by atomic mass is 10.2. The Morgan fingerprint density at radius 2 is 2.44 bits per heavy atom. The number of rotatable bonds is 5. The normalized spacial score (nSPS) is 10.6. The molecule has 2 heterocycles. The third-order valence-corrected chi connectivity index (χ3v) is 2.48. The summed E-state index contributed by atoms with van der Waals surface area (Å²) in [5.74, 6) is 1.43. The van der Waals surface area contributed by atoms with E-state index in [1.807, 2.05) is 29.8 Å². The Hall–Kier alpha value is -1.84.